The number of nitrogens with two attached hydrogens (primary N) is 1. The molecule has 21 heavy (non-hydrogen) atoms. The Labute approximate surface area is 128 Å². The fourth-order valence-electron chi connectivity index (χ4n) is 2.65. The van der Waals surface area contributed by atoms with Gasteiger partial charge >= 0.3 is 0 Å². The smallest absolute Gasteiger partial charge is 0.282 e. The Morgan fingerprint density at radius 1 is 1.57 bits per heavy atom. The van der Waals surface area contributed by atoms with Crippen LogP contribution in [0.25, 0.3) is 0 Å². The molecule has 2 unspecified atom stereocenters. The van der Waals surface area contributed by atoms with Crippen LogP contribution in [0.3, 0.4) is 0 Å². The van der Waals surface area contributed by atoms with E-state index in [1.54, 1.807) is 4.90 Å². The van der Waals surface area contributed by atoms with E-state index in [4.69, 9.17) is 17.3 Å². The molecule has 6 nitrogen and oxygen atoms in total. The average Bonchev–Trinajstić information content (AvgIpc) is 2.46. The van der Waals surface area contributed by atoms with E-state index in [1.807, 2.05) is 0 Å². The van der Waals surface area contributed by atoms with Gasteiger partial charge < -0.3 is 10.6 Å². The quantitative estimate of drug-likeness (QED) is 0.685. The number of hydrogen-bond acceptors (Lipinski definition) is 4. The highest BCUT2D eigenvalue weighted by atomic mass is 35.5. The molecule has 1 aliphatic heterocycles. The van der Waals surface area contributed by atoms with Crippen LogP contribution >= 0.6 is 11.6 Å². The summed E-state index contributed by atoms with van der Waals surface area (Å²) in [7, 11) is 0. The van der Waals surface area contributed by atoms with Crippen LogP contribution in [-0.2, 0) is 0 Å². The van der Waals surface area contributed by atoms with Crippen LogP contribution in [0.4, 0.5) is 5.69 Å². The number of rotatable bonds is 3. The van der Waals surface area contributed by atoms with Crippen molar-refractivity contribution < 1.29 is 9.72 Å². The molecular formula is C14H18ClN3O3. The van der Waals surface area contributed by atoms with Crippen molar-refractivity contribution >= 4 is 23.2 Å². The highest BCUT2D eigenvalue weighted by molar-refractivity contribution is 6.31. The normalized spacial score (nSPS) is 22.1. The van der Waals surface area contributed by atoms with Crippen molar-refractivity contribution in [1.82, 2.24) is 4.90 Å². The van der Waals surface area contributed by atoms with E-state index in [2.05, 4.69) is 6.92 Å². The summed E-state index contributed by atoms with van der Waals surface area (Å²) in [4.78, 5) is 24.7. The van der Waals surface area contributed by atoms with Gasteiger partial charge in [-0.25, -0.2) is 0 Å². The molecule has 1 amide bonds. The molecule has 1 saturated heterocycles. The molecule has 1 aromatic rings. The first-order valence-corrected chi connectivity index (χ1v) is 7.25. The summed E-state index contributed by atoms with van der Waals surface area (Å²) in [5.74, 6) is 0.323. The maximum atomic E-state index is 12.6. The largest absolute Gasteiger partial charge is 0.338 e. The average molecular weight is 312 g/mol. The minimum Gasteiger partial charge on any atom is -0.338 e. The minimum atomic E-state index is -0.559. The van der Waals surface area contributed by atoms with E-state index in [0.717, 1.165) is 6.42 Å². The first-order chi connectivity index (χ1) is 9.93. The van der Waals surface area contributed by atoms with Gasteiger partial charge in [0, 0.05) is 24.2 Å². The number of amides is 1. The first-order valence-electron chi connectivity index (χ1n) is 6.87. The number of nitro groups is 1. The molecular weight excluding hydrogens is 294 g/mol. The lowest BCUT2D eigenvalue weighted by Gasteiger charge is -2.36. The van der Waals surface area contributed by atoms with Gasteiger partial charge in [-0.05, 0) is 36.9 Å². The lowest BCUT2D eigenvalue weighted by atomic mass is 9.87. The van der Waals surface area contributed by atoms with Gasteiger partial charge in [-0.2, -0.15) is 0 Å². The summed E-state index contributed by atoms with van der Waals surface area (Å²) in [6.07, 6.45) is 0.849. The van der Waals surface area contributed by atoms with Gasteiger partial charge in [0.15, 0.2) is 0 Å². The van der Waals surface area contributed by atoms with Gasteiger partial charge in [-0.1, -0.05) is 18.5 Å². The predicted molar refractivity (Wildman–Crippen MR) is 80.3 cm³/mol. The highest BCUT2D eigenvalue weighted by Gasteiger charge is 2.31. The Bertz CT molecular complexity index is 564. The van der Waals surface area contributed by atoms with E-state index in [9.17, 15) is 14.9 Å². The van der Waals surface area contributed by atoms with Crippen molar-refractivity contribution in [2.45, 2.75) is 13.3 Å². The van der Waals surface area contributed by atoms with Crippen LogP contribution in [0.5, 0.6) is 0 Å². The van der Waals surface area contributed by atoms with Crippen LogP contribution in [0, 0.1) is 22.0 Å². The Morgan fingerprint density at radius 2 is 2.29 bits per heavy atom. The zero-order chi connectivity index (χ0) is 15.6. The predicted octanol–water partition coefficient (Wildman–Crippen LogP) is 2.31. The van der Waals surface area contributed by atoms with Crippen molar-refractivity contribution in [1.29, 1.82) is 0 Å². The number of carbonyl (C=O) groups is 1. The molecule has 2 N–H and O–H groups in total. The maximum absolute atomic E-state index is 12.6. The lowest BCUT2D eigenvalue weighted by molar-refractivity contribution is -0.385. The van der Waals surface area contributed by atoms with E-state index < -0.39 is 4.92 Å². The topological polar surface area (TPSA) is 89.5 Å². The van der Waals surface area contributed by atoms with Gasteiger partial charge in [0.05, 0.1) is 4.92 Å². The molecule has 1 fully saturated rings. The number of likely N-dealkylation sites (tertiary alicyclic amines) is 1. The molecule has 7 heteroatoms. The van der Waals surface area contributed by atoms with E-state index >= 15 is 0 Å². The Kier molecular flexibility index (Phi) is 4.80. The summed E-state index contributed by atoms with van der Waals surface area (Å²) >= 11 is 5.87. The number of benzene rings is 1. The molecule has 0 aliphatic carbocycles. The number of hydrogen-bond donors (Lipinski definition) is 1. The molecule has 0 spiro atoms. The SMILES string of the molecule is CC1CCN(C(=O)c2cc(Cl)ccc2[N+](=O)[O-])CC1CN. The van der Waals surface area contributed by atoms with Gasteiger partial charge in [0.2, 0.25) is 0 Å². The number of carbonyl (C=O) groups excluding carboxylic acids is 1. The van der Waals surface area contributed by atoms with Gasteiger partial charge in [0.25, 0.3) is 11.6 Å². The van der Waals surface area contributed by atoms with Crippen LogP contribution in [0.2, 0.25) is 5.02 Å². The highest BCUT2D eigenvalue weighted by Crippen LogP contribution is 2.28. The van der Waals surface area contributed by atoms with E-state index in [0.29, 0.717) is 30.6 Å². The molecule has 0 bridgehead atoms. The number of halogens is 1. The Morgan fingerprint density at radius 3 is 2.90 bits per heavy atom. The third kappa shape index (κ3) is 3.33. The molecule has 2 atom stereocenters. The van der Waals surface area contributed by atoms with Crippen molar-refractivity contribution in [3.05, 3.63) is 38.9 Å². The van der Waals surface area contributed by atoms with Crippen LogP contribution in [-0.4, -0.2) is 35.4 Å². The summed E-state index contributed by atoms with van der Waals surface area (Å²) < 4.78 is 0. The summed E-state index contributed by atoms with van der Waals surface area (Å²) in [6, 6.07) is 4.04. The fraction of sp³-hybridized carbons (Fsp3) is 0.500. The zero-order valence-electron chi connectivity index (χ0n) is 11.8. The van der Waals surface area contributed by atoms with Gasteiger partial charge in [-0.3, -0.25) is 14.9 Å². The van der Waals surface area contributed by atoms with Crippen LogP contribution < -0.4 is 5.73 Å². The standard InChI is InChI=1S/C14H18ClN3O3/c1-9-4-5-17(8-10(9)7-16)14(19)12-6-11(15)2-3-13(12)18(20)21/h2-3,6,9-10H,4-5,7-8,16H2,1H3. The monoisotopic (exact) mass is 311 g/mol. The second-order valence-electron chi connectivity index (χ2n) is 5.43. The van der Waals surface area contributed by atoms with Crippen LogP contribution in [0.1, 0.15) is 23.7 Å². The molecule has 1 aromatic carbocycles. The number of nitrogens with zero attached hydrogens (tertiary/aromatic N) is 2. The first kappa shape index (κ1) is 15.7. The van der Waals surface area contributed by atoms with Crippen molar-refractivity contribution in [3.63, 3.8) is 0 Å². The third-order valence-electron chi connectivity index (χ3n) is 4.09. The molecule has 0 aromatic heterocycles. The van der Waals surface area contributed by atoms with Crippen molar-refractivity contribution in [2.75, 3.05) is 19.6 Å². The molecule has 0 radical (unpaired) electrons. The number of nitro benzene ring substituents is 1. The van der Waals surface area contributed by atoms with E-state index in [1.165, 1.54) is 18.2 Å². The minimum absolute atomic E-state index is 0.0397. The molecule has 1 heterocycles. The molecule has 1 aliphatic rings. The lowest BCUT2D eigenvalue weighted by Crippen LogP contribution is -2.45. The zero-order valence-corrected chi connectivity index (χ0v) is 12.5. The summed E-state index contributed by atoms with van der Waals surface area (Å²) in [5.41, 5.74) is 5.55. The second-order valence-corrected chi connectivity index (χ2v) is 5.87. The molecule has 2 rings (SSSR count). The summed E-state index contributed by atoms with van der Waals surface area (Å²) in [6.45, 7) is 3.73. The number of piperidine rings is 1. The van der Waals surface area contributed by atoms with Crippen molar-refractivity contribution in [2.24, 2.45) is 17.6 Å². The Balaban J connectivity index is 2.28. The van der Waals surface area contributed by atoms with Gasteiger partial charge in [-0.15, -0.1) is 0 Å². The van der Waals surface area contributed by atoms with Crippen LogP contribution in [0.15, 0.2) is 18.2 Å². The van der Waals surface area contributed by atoms with E-state index in [-0.39, 0.29) is 23.1 Å². The maximum Gasteiger partial charge on any atom is 0.282 e. The second kappa shape index (κ2) is 6.41. The molecule has 0 saturated carbocycles. The molecule has 114 valence electrons. The Hall–Kier alpha value is -1.66. The van der Waals surface area contributed by atoms with Gasteiger partial charge in [0.1, 0.15) is 5.56 Å². The third-order valence-corrected chi connectivity index (χ3v) is 4.32. The summed E-state index contributed by atoms with van der Waals surface area (Å²) in [5, 5.41) is 11.4. The fourth-order valence-corrected chi connectivity index (χ4v) is 2.82. The van der Waals surface area contributed by atoms with Crippen molar-refractivity contribution in [3.8, 4) is 0 Å².